The summed E-state index contributed by atoms with van der Waals surface area (Å²) in [6, 6.07) is 5.97. The normalized spacial score (nSPS) is 21.6. The first-order chi connectivity index (χ1) is 10.4. The minimum atomic E-state index is -0.853. The number of rotatable bonds is 4. The maximum Gasteiger partial charge on any atom is 0.307 e. The van der Waals surface area contributed by atoms with Crippen LogP contribution in [0.15, 0.2) is 18.2 Å². The third-order valence-corrected chi connectivity index (χ3v) is 4.60. The molecule has 1 fully saturated rings. The van der Waals surface area contributed by atoms with E-state index >= 15 is 0 Å². The Morgan fingerprint density at radius 3 is 2.41 bits per heavy atom. The molecule has 120 valence electrons. The monoisotopic (exact) mass is 303 g/mol. The lowest BCUT2D eigenvalue weighted by molar-refractivity contribution is -0.147. The van der Waals surface area contributed by atoms with E-state index in [-0.39, 0.29) is 5.91 Å². The van der Waals surface area contributed by atoms with Gasteiger partial charge in [-0.3, -0.25) is 9.59 Å². The summed E-state index contributed by atoms with van der Waals surface area (Å²) < 4.78 is 0. The second-order valence-electron chi connectivity index (χ2n) is 6.52. The van der Waals surface area contributed by atoms with Gasteiger partial charge < -0.3 is 10.4 Å². The van der Waals surface area contributed by atoms with Gasteiger partial charge in [-0.15, -0.1) is 0 Å². The molecule has 1 aromatic carbocycles. The average Bonchev–Trinajstić information content (AvgIpc) is 2.48. The number of aliphatic carboxylic acids is 1. The summed E-state index contributed by atoms with van der Waals surface area (Å²) >= 11 is 0. The van der Waals surface area contributed by atoms with E-state index in [0.29, 0.717) is 18.8 Å². The van der Waals surface area contributed by atoms with Gasteiger partial charge in [0, 0.05) is 5.69 Å². The number of carbonyl (C=O) groups excluding carboxylic acids is 1. The highest BCUT2D eigenvalue weighted by Gasteiger charge is 2.36. The van der Waals surface area contributed by atoms with Crippen LogP contribution in [0.25, 0.3) is 0 Å². The molecular formula is C18H25NO3. The van der Waals surface area contributed by atoms with E-state index in [1.165, 1.54) is 0 Å². The van der Waals surface area contributed by atoms with Crippen molar-refractivity contribution in [3.05, 3.63) is 29.3 Å². The quantitative estimate of drug-likeness (QED) is 0.885. The third kappa shape index (κ3) is 3.49. The van der Waals surface area contributed by atoms with Crippen LogP contribution in [0.1, 0.15) is 56.6 Å². The summed E-state index contributed by atoms with van der Waals surface area (Å²) in [6.45, 7) is 6.15. The zero-order valence-corrected chi connectivity index (χ0v) is 13.6. The number of aryl methyl sites for hydroxylation is 1. The van der Waals surface area contributed by atoms with Gasteiger partial charge >= 0.3 is 5.97 Å². The molecule has 22 heavy (non-hydrogen) atoms. The fourth-order valence-electron chi connectivity index (χ4n) is 3.30. The third-order valence-electron chi connectivity index (χ3n) is 4.60. The van der Waals surface area contributed by atoms with Crippen molar-refractivity contribution in [1.29, 1.82) is 0 Å². The highest BCUT2D eigenvalue weighted by molar-refractivity contribution is 5.96. The molecule has 0 radical (unpaired) electrons. The Labute approximate surface area is 131 Å². The molecule has 0 saturated heterocycles. The Balaban J connectivity index is 2.23. The number of benzene rings is 1. The first-order valence-corrected chi connectivity index (χ1v) is 8.05. The second-order valence-corrected chi connectivity index (χ2v) is 6.52. The van der Waals surface area contributed by atoms with Crippen molar-refractivity contribution in [2.45, 2.75) is 52.4 Å². The van der Waals surface area contributed by atoms with E-state index < -0.39 is 17.8 Å². The molecule has 0 spiro atoms. The Hall–Kier alpha value is -1.84. The standard InChI is InChI=1S/C18H25NO3/c1-11(2)13-10-6-7-12(3)16(13)19-17(20)14-8-4-5-9-15(14)18(21)22/h6-7,10-11,14-15H,4-5,8-9H2,1-3H3,(H,19,20)(H,21,22)/t14-,15+/m0/s1. The Morgan fingerprint density at radius 2 is 1.82 bits per heavy atom. The van der Waals surface area contributed by atoms with E-state index in [0.717, 1.165) is 29.7 Å². The molecule has 1 aliphatic carbocycles. The first-order valence-electron chi connectivity index (χ1n) is 8.05. The van der Waals surface area contributed by atoms with Gasteiger partial charge in [0.1, 0.15) is 0 Å². The number of hydrogen-bond donors (Lipinski definition) is 2. The van der Waals surface area contributed by atoms with E-state index in [4.69, 9.17) is 0 Å². The topological polar surface area (TPSA) is 66.4 Å². The zero-order valence-electron chi connectivity index (χ0n) is 13.6. The van der Waals surface area contributed by atoms with Crippen LogP contribution in [0.3, 0.4) is 0 Å². The highest BCUT2D eigenvalue weighted by Crippen LogP contribution is 2.33. The van der Waals surface area contributed by atoms with Crippen LogP contribution >= 0.6 is 0 Å². The van der Waals surface area contributed by atoms with E-state index in [2.05, 4.69) is 19.2 Å². The molecule has 0 aliphatic heterocycles. The Kier molecular flexibility index (Phi) is 5.22. The van der Waals surface area contributed by atoms with Crippen LogP contribution in [0.4, 0.5) is 5.69 Å². The maximum absolute atomic E-state index is 12.6. The number of para-hydroxylation sites is 1. The van der Waals surface area contributed by atoms with Gasteiger partial charge in [0.2, 0.25) is 5.91 Å². The predicted molar refractivity (Wildman–Crippen MR) is 87.0 cm³/mol. The fraction of sp³-hybridized carbons (Fsp3) is 0.556. The van der Waals surface area contributed by atoms with Crippen LogP contribution in [-0.2, 0) is 9.59 Å². The van der Waals surface area contributed by atoms with Crippen molar-refractivity contribution in [1.82, 2.24) is 0 Å². The summed E-state index contributed by atoms with van der Waals surface area (Å²) in [5.74, 6) is -1.68. The lowest BCUT2D eigenvalue weighted by Gasteiger charge is -2.28. The lowest BCUT2D eigenvalue weighted by Crippen LogP contribution is -2.36. The van der Waals surface area contributed by atoms with Gasteiger partial charge in [0.25, 0.3) is 0 Å². The van der Waals surface area contributed by atoms with Crippen LogP contribution in [0.2, 0.25) is 0 Å². The SMILES string of the molecule is Cc1cccc(C(C)C)c1NC(=O)[C@H]1CCCC[C@H]1C(=O)O. The van der Waals surface area contributed by atoms with Gasteiger partial charge in [-0.2, -0.15) is 0 Å². The molecule has 1 aliphatic rings. The van der Waals surface area contributed by atoms with Crippen molar-refractivity contribution in [2.24, 2.45) is 11.8 Å². The van der Waals surface area contributed by atoms with Gasteiger partial charge in [-0.05, 0) is 36.8 Å². The summed E-state index contributed by atoms with van der Waals surface area (Å²) in [7, 11) is 0. The molecule has 0 unspecified atom stereocenters. The smallest absolute Gasteiger partial charge is 0.307 e. The molecule has 4 nitrogen and oxygen atoms in total. The number of hydrogen-bond acceptors (Lipinski definition) is 2. The number of anilines is 1. The number of carbonyl (C=O) groups is 2. The fourth-order valence-corrected chi connectivity index (χ4v) is 3.30. The van der Waals surface area contributed by atoms with Crippen molar-refractivity contribution in [3.8, 4) is 0 Å². The minimum absolute atomic E-state index is 0.150. The maximum atomic E-state index is 12.6. The Bertz CT molecular complexity index is 565. The molecule has 4 heteroatoms. The molecular weight excluding hydrogens is 278 g/mol. The van der Waals surface area contributed by atoms with Gasteiger partial charge in [-0.1, -0.05) is 44.9 Å². The molecule has 2 rings (SSSR count). The van der Waals surface area contributed by atoms with Crippen molar-refractivity contribution in [2.75, 3.05) is 5.32 Å². The molecule has 2 atom stereocenters. The summed E-state index contributed by atoms with van der Waals surface area (Å²) in [6.07, 6.45) is 3.07. The molecule has 1 amide bonds. The van der Waals surface area contributed by atoms with Gasteiger partial charge in [0.15, 0.2) is 0 Å². The summed E-state index contributed by atoms with van der Waals surface area (Å²) in [4.78, 5) is 24.0. The van der Waals surface area contributed by atoms with E-state index in [9.17, 15) is 14.7 Å². The molecule has 0 heterocycles. The second kappa shape index (κ2) is 6.95. The zero-order chi connectivity index (χ0) is 16.3. The van der Waals surface area contributed by atoms with E-state index in [1.807, 2.05) is 25.1 Å². The van der Waals surface area contributed by atoms with Crippen molar-refractivity contribution >= 4 is 17.6 Å². The molecule has 1 saturated carbocycles. The molecule has 0 bridgehead atoms. The number of nitrogens with one attached hydrogen (secondary N) is 1. The minimum Gasteiger partial charge on any atom is -0.481 e. The molecule has 2 N–H and O–H groups in total. The van der Waals surface area contributed by atoms with Crippen LogP contribution < -0.4 is 5.32 Å². The molecule has 0 aromatic heterocycles. The number of amides is 1. The van der Waals surface area contributed by atoms with Gasteiger partial charge in [-0.25, -0.2) is 0 Å². The van der Waals surface area contributed by atoms with Gasteiger partial charge in [0.05, 0.1) is 11.8 Å². The number of carboxylic acid groups (broad SMARTS) is 1. The lowest BCUT2D eigenvalue weighted by atomic mass is 9.78. The predicted octanol–water partition coefficient (Wildman–Crippen LogP) is 3.95. The molecule has 1 aromatic rings. The average molecular weight is 303 g/mol. The van der Waals surface area contributed by atoms with Crippen molar-refractivity contribution < 1.29 is 14.7 Å². The summed E-state index contributed by atoms with van der Waals surface area (Å²) in [5.41, 5.74) is 2.95. The van der Waals surface area contributed by atoms with Crippen LogP contribution in [0.5, 0.6) is 0 Å². The highest BCUT2D eigenvalue weighted by atomic mass is 16.4. The van der Waals surface area contributed by atoms with Crippen LogP contribution in [0, 0.1) is 18.8 Å². The Morgan fingerprint density at radius 1 is 1.18 bits per heavy atom. The summed E-state index contributed by atoms with van der Waals surface area (Å²) in [5, 5.41) is 12.4. The number of carboxylic acids is 1. The van der Waals surface area contributed by atoms with Crippen LogP contribution in [-0.4, -0.2) is 17.0 Å². The largest absolute Gasteiger partial charge is 0.481 e. The van der Waals surface area contributed by atoms with E-state index in [1.54, 1.807) is 0 Å². The van der Waals surface area contributed by atoms with Crippen molar-refractivity contribution in [3.63, 3.8) is 0 Å². The first kappa shape index (κ1) is 16.5.